The van der Waals surface area contributed by atoms with E-state index in [1.807, 2.05) is 31.2 Å². The van der Waals surface area contributed by atoms with E-state index in [-0.39, 0.29) is 11.9 Å². The fraction of sp³-hybridized carbons (Fsp3) is 0.400. The van der Waals surface area contributed by atoms with Crippen LogP contribution in [0.1, 0.15) is 52.4 Å². The number of ether oxygens (including phenoxy) is 1. The fourth-order valence-electron chi connectivity index (χ4n) is 3.21. The first-order chi connectivity index (χ1) is 13.0. The van der Waals surface area contributed by atoms with Crippen molar-refractivity contribution >= 4 is 28.9 Å². The summed E-state index contributed by atoms with van der Waals surface area (Å²) in [4.78, 5) is 26.2. The summed E-state index contributed by atoms with van der Waals surface area (Å²) in [7, 11) is 0. The number of aliphatic hydroxyl groups is 1. The minimum Gasteiger partial charge on any atom is -0.477 e. The van der Waals surface area contributed by atoms with Gasteiger partial charge in [0.15, 0.2) is 0 Å². The Kier molecular flexibility index (Phi) is 6.26. The third-order valence-corrected chi connectivity index (χ3v) is 5.74. The highest BCUT2D eigenvalue weighted by atomic mass is 32.1. The number of hydrogen-bond acceptors (Lipinski definition) is 5. The van der Waals surface area contributed by atoms with Crippen molar-refractivity contribution in [1.29, 1.82) is 0 Å². The highest BCUT2D eigenvalue weighted by Crippen LogP contribution is 2.29. The summed E-state index contributed by atoms with van der Waals surface area (Å²) in [5, 5.41) is 18.9. The molecule has 1 saturated heterocycles. The Labute approximate surface area is 162 Å². The van der Waals surface area contributed by atoms with Crippen molar-refractivity contribution < 1.29 is 24.5 Å². The molecule has 0 spiro atoms. The molecule has 2 atom stereocenters. The summed E-state index contributed by atoms with van der Waals surface area (Å²) in [5.41, 5.74) is 1.65. The van der Waals surface area contributed by atoms with Gasteiger partial charge in [0.25, 0.3) is 0 Å². The molecule has 1 aliphatic rings. The molecule has 0 unspecified atom stereocenters. The summed E-state index contributed by atoms with van der Waals surface area (Å²) in [6.45, 7) is 2.65. The van der Waals surface area contributed by atoms with E-state index in [9.17, 15) is 14.7 Å². The van der Waals surface area contributed by atoms with Gasteiger partial charge in [-0.3, -0.25) is 4.79 Å². The minimum atomic E-state index is -0.935. The Hall–Kier alpha value is -2.22. The van der Waals surface area contributed by atoms with Gasteiger partial charge in [-0.1, -0.05) is 19.1 Å². The summed E-state index contributed by atoms with van der Waals surface area (Å²) in [5.74, 6) is -0.868. The molecule has 1 fully saturated rings. The number of aliphatic hydroxyl groups excluding tert-OH is 1. The molecule has 3 rings (SSSR count). The predicted octanol–water partition coefficient (Wildman–Crippen LogP) is 3.60. The van der Waals surface area contributed by atoms with Gasteiger partial charge in [0.2, 0.25) is 5.91 Å². The van der Waals surface area contributed by atoms with E-state index < -0.39 is 12.1 Å². The molecule has 27 heavy (non-hydrogen) atoms. The molecule has 2 aromatic rings. The van der Waals surface area contributed by atoms with Crippen molar-refractivity contribution in [2.24, 2.45) is 0 Å². The van der Waals surface area contributed by atoms with E-state index in [1.165, 1.54) is 11.3 Å². The van der Waals surface area contributed by atoms with Crippen LogP contribution in [-0.2, 0) is 16.1 Å². The maximum Gasteiger partial charge on any atom is 0.345 e. The molecule has 144 valence electrons. The Balaban J connectivity index is 1.61. The second-order valence-corrected chi connectivity index (χ2v) is 7.73. The molecule has 6 nitrogen and oxygen atoms in total. The molecule has 2 heterocycles. The number of hydrogen-bond donors (Lipinski definition) is 2. The molecular formula is C20H23NO5S. The van der Waals surface area contributed by atoms with Gasteiger partial charge in [0.1, 0.15) is 4.88 Å². The summed E-state index contributed by atoms with van der Waals surface area (Å²) >= 11 is 1.20. The Bertz CT molecular complexity index is 801. The maximum atomic E-state index is 12.3. The quantitative estimate of drug-likeness (QED) is 0.720. The third kappa shape index (κ3) is 4.55. The molecule has 0 bridgehead atoms. The lowest BCUT2D eigenvalue weighted by Crippen LogP contribution is -2.36. The second kappa shape index (κ2) is 8.65. The zero-order valence-electron chi connectivity index (χ0n) is 15.1. The molecule has 0 aliphatic carbocycles. The predicted molar refractivity (Wildman–Crippen MR) is 103 cm³/mol. The molecule has 7 heteroatoms. The van der Waals surface area contributed by atoms with E-state index in [0.29, 0.717) is 30.9 Å². The lowest BCUT2D eigenvalue weighted by molar-refractivity contribution is -0.117. The maximum absolute atomic E-state index is 12.3. The lowest BCUT2D eigenvalue weighted by Gasteiger charge is -2.25. The summed E-state index contributed by atoms with van der Waals surface area (Å²) in [6, 6.07) is 10.7. The smallest absolute Gasteiger partial charge is 0.345 e. The van der Waals surface area contributed by atoms with E-state index in [1.54, 1.807) is 17.0 Å². The van der Waals surface area contributed by atoms with Gasteiger partial charge in [-0.15, -0.1) is 11.3 Å². The Morgan fingerprint density at radius 2 is 2.04 bits per heavy atom. The number of rotatable bonds is 8. The highest BCUT2D eigenvalue weighted by Gasteiger charge is 2.32. The third-order valence-electron chi connectivity index (χ3n) is 4.69. The van der Waals surface area contributed by atoms with Crippen molar-refractivity contribution in [3.63, 3.8) is 0 Å². The zero-order chi connectivity index (χ0) is 19.4. The first-order valence-corrected chi connectivity index (χ1v) is 9.81. The van der Waals surface area contributed by atoms with Crippen LogP contribution in [0.2, 0.25) is 0 Å². The van der Waals surface area contributed by atoms with Crippen molar-refractivity contribution in [3.05, 3.63) is 51.7 Å². The van der Waals surface area contributed by atoms with Crippen molar-refractivity contribution in [2.45, 2.75) is 44.9 Å². The molecule has 1 aliphatic heterocycles. The number of carboxylic acids is 1. The van der Waals surface area contributed by atoms with Crippen LogP contribution in [0.5, 0.6) is 0 Å². The average Bonchev–Trinajstić information content (AvgIpc) is 3.28. The van der Waals surface area contributed by atoms with Crippen LogP contribution in [-0.4, -0.2) is 34.7 Å². The fourth-order valence-corrected chi connectivity index (χ4v) is 4.00. The van der Waals surface area contributed by atoms with E-state index >= 15 is 0 Å². The SMILES string of the molecule is CC[C@@H](O)c1ccc(N2C(=O)CC[C@@H]2COCc2ccc(C(=O)O)s2)cc1. The number of nitrogens with zero attached hydrogens (tertiary/aromatic N) is 1. The van der Waals surface area contributed by atoms with Gasteiger partial charge in [0.05, 0.1) is 25.4 Å². The van der Waals surface area contributed by atoms with E-state index in [2.05, 4.69) is 0 Å². The van der Waals surface area contributed by atoms with Crippen molar-refractivity contribution in [1.82, 2.24) is 0 Å². The van der Waals surface area contributed by atoms with Crippen molar-refractivity contribution in [2.75, 3.05) is 11.5 Å². The number of carbonyl (C=O) groups excluding carboxylic acids is 1. The molecule has 1 aromatic carbocycles. The largest absolute Gasteiger partial charge is 0.477 e. The number of anilines is 1. The first-order valence-electron chi connectivity index (χ1n) is 8.99. The number of thiophene rings is 1. The van der Waals surface area contributed by atoms with E-state index in [4.69, 9.17) is 9.84 Å². The first kappa shape index (κ1) is 19.5. The van der Waals surface area contributed by atoms with Crippen LogP contribution in [0, 0.1) is 0 Å². The monoisotopic (exact) mass is 389 g/mol. The number of carboxylic acid groups (broad SMARTS) is 1. The number of carbonyl (C=O) groups is 2. The topological polar surface area (TPSA) is 87.1 Å². The number of amides is 1. The highest BCUT2D eigenvalue weighted by molar-refractivity contribution is 7.13. The van der Waals surface area contributed by atoms with Crippen LogP contribution in [0.3, 0.4) is 0 Å². The Morgan fingerprint density at radius 1 is 1.30 bits per heavy atom. The van der Waals surface area contributed by atoms with Crippen LogP contribution >= 0.6 is 11.3 Å². The summed E-state index contributed by atoms with van der Waals surface area (Å²) < 4.78 is 5.76. The number of benzene rings is 1. The molecular weight excluding hydrogens is 366 g/mol. The summed E-state index contributed by atoms with van der Waals surface area (Å²) in [6.07, 6.45) is 1.36. The van der Waals surface area contributed by atoms with Gasteiger partial charge in [0, 0.05) is 17.0 Å². The van der Waals surface area contributed by atoms with Gasteiger partial charge in [-0.2, -0.15) is 0 Å². The van der Waals surface area contributed by atoms with Crippen LogP contribution in [0.4, 0.5) is 5.69 Å². The molecule has 1 amide bonds. The van der Waals surface area contributed by atoms with Crippen LogP contribution < -0.4 is 4.90 Å². The Morgan fingerprint density at radius 3 is 2.67 bits per heavy atom. The van der Waals surface area contributed by atoms with E-state index in [0.717, 1.165) is 22.5 Å². The van der Waals surface area contributed by atoms with Crippen LogP contribution in [0.15, 0.2) is 36.4 Å². The standard InChI is InChI=1S/C20H23NO5S/c1-2-17(22)13-3-5-14(6-4-13)21-15(7-10-19(21)23)11-26-12-16-8-9-18(27-16)20(24)25/h3-6,8-9,15,17,22H,2,7,10-12H2,1H3,(H,24,25)/t15-,17-/m1/s1. The van der Waals surface area contributed by atoms with Gasteiger partial charge >= 0.3 is 5.97 Å². The molecule has 0 radical (unpaired) electrons. The van der Waals surface area contributed by atoms with Gasteiger partial charge in [-0.25, -0.2) is 4.79 Å². The lowest BCUT2D eigenvalue weighted by atomic mass is 10.1. The molecule has 1 aromatic heterocycles. The molecule has 0 saturated carbocycles. The van der Waals surface area contributed by atoms with Gasteiger partial charge < -0.3 is 19.8 Å². The average molecular weight is 389 g/mol. The zero-order valence-corrected chi connectivity index (χ0v) is 15.9. The minimum absolute atomic E-state index is 0.0432. The van der Waals surface area contributed by atoms with Crippen LogP contribution in [0.25, 0.3) is 0 Å². The molecule has 2 N–H and O–H groups in total. The second-order valence-electron chi connectivity index (χ2n) is 6.56. The van der Waals surface area contributed by atoms with Crippen molar-refractivity contribution in [3.8, 4) is 0 Å². The normalized spacial score (nSPS) is 18.1. The number of aromatic carboxylic acids is 1. The van der Waals surface area contributed by atoms with Gasteiger partial charge in [-0.05, 0) is 42.7 Å².